The van der Waals surface area contributed by atoms with Crippen molar-refractivity contribution in [2.75, 3.05) is 26.9 Å². The van der Waals surface area contributed by atoms with Gasteiger partial charge < -0.3 is 14.2 Å². The first kappa shape index (κ1) is 27.2. The van der Waals surface area contributed by atoms with E-state index < -0.39 is 29.0 Å². The van der Waals surface area contributed by atoms with E-state index in [-0.39, 0.29) is 39.5 Å². The zero-order valence-corrected chi connectivity index (χ0v) is 17.2. The zero-order chi connectivity index (χ0) is 23.8. The van der Waals surface area contributed by atoms with Crippen LogP contribution in [0.25, 0.3) is 0 Å². The molecule has 0 aliphatic carbocycles. The molecular weight excluding hydrogens is 414 g/mol. The van der Waals surface area contributed by atoms with Gasteiger partial charge in [-0.05, 0) is 6.08 Å². The second kappa shape index (κ2) is 15.1. The Bertz CT molecular complexity index is 899. The number of hydrogen-bond donors (Lipinski definition) is 0. The standard InChI is InChI=1S/C16H21N3O8.C3H4O/c1-4-12(20)26-10-7-18-14(22)17(6-9-25-3)15(23)19(16(18)24)8-11-27-13(21)5-2;1-2-3-4/h4-5H,1-2,6-11H2,3H3;2-3H,1H2. The maximum Gasteiger partial charge on any atom is 0.336 e. The molecule has 0 spiro atoms. The van der Waals surface area contributed by atoms with E-state index in [0.29, 0.717) is 6.29 Å². The van der Waals surface area contributed by atoms with Crippen molar-refractivity contribution in [3.63, 3.8) is 0 Å². The molecule has 0 N–H and O–H groups in total. The topological polar surface area (TPSA) is 145 Å². The molecule has 0 aliphatic rings. The number of carbonyl (C=O) groups excluding carboxylic acids is 3. The van der Waals surface area contributed by atoms with Gasteiger partial charge in [-0.2, -0.15) is 0 Å². The molecule has 0 bridgehead atoms. The quantitative estimate of drug-likeness (QED) is 0.219. The molecule has 1 rings (SSSR count). The Morgan fingerprint density at radius 1 is 0.774 bits per heavy atom. The van der Waals surface area contributed by atoms with E-state index in [1.165, 1.54) is 13.2 Å². The molecule has 0 radical (unpaired) electrons. The minimum absolute atomic E-state index is 0.0598. The van der Waals surface area contributed by atoms with Gasteiger partial charge in [-0.25, -0.2) is 37.7 Å². The third-order valence-corrected chi connectivity index (χ3v) is 3.45. The molecule has 0 atom stereocenters. The molecule has 0 fully saturated rings. The average Bonchev–Trinajstić information content (AvgIpc) is 2.77. The van der Waals surface area contributed by atoms with Crippen molar-refractivity contribution in [1.29, 1.82) is 0 Å². The monoisotopic (exact) mass is 439 g/mol. The van der Waals surface area contributed by atoms with E-state index in [2.05, 4.69) is 19.7 Å². The van der Waals surface area contributed by atoms with Crippen LogP contribution in [0.5, 0.6) is 0 Å². The molecule has 12 heteroatoms. The smallest absolute Gasteiger partial charge is 0.336 e. The van der Waals surface area contributed by atoms with Crippen LogP contribution in [-0.4, -0.2) is 58.9 Å². The molecule has 0 saturated carbocycles. The summed E-state index contributed by atoms with van der Waals surface area (Å²) in [5, 5.41) is 0. The lowest BCUT2D eigenvalue weighted by atomic mass is 10.5. The van der Waals surface area contributed by atoms with E-state index >= 15 is 0 Å². The third kappa shape index (κ3) is 9.04. The molecule has 1 aromatic rings. The molecule has 1 heterocycles. The highest BCUT2D eigenvalue weighted by molar-refractivity contribution is 5.81. The summed E-state index contributed by atoms with van der Waals surface area (Å²) in [4.78, 5) is 68.6. The van der Waals surface area contributed by atoms with Gasteiger partial charge in [0.15, 0.2) is 0 Å². The number of aldehydes is 1. The van der Waals surface area contributed by atoms with Gasteiger partial charge in [0.2, 0.25) is 0 Å². The molecule has 1 aromatic heterocycles. The number of rotatable bonds is 12. The first-order valence-electron chi connectivity index (χ1n) is 8.86. The number of carbonyl (C=O) groups is 3. The lowest BCUT2D eigenvalue weighted by Gasteiger charge is -2.13. The number of aromatic nitrogens is 3. The zero-order valence-electron chi connectivity index (χ0n) is 17.2. The lowest BCUT2D eigenvalue weighted by Crippen LogP contribution is -2.55. The van der Waals surface area contributed by atoms with Crippen LogP contribution in [0.2, 0.25) is 0 Å². The minimum atomic E-state index is -0.914. The van der Waals surface area contributed by atoms with Crippen molar-refractivity contribution < 1.29 is 28.6 Å². The molecule has 12 nitrogen and oxygen atoms in total. The highest BCUT2D eigenvalue weighted by Crippen LogP contribution is 1.85. The maximum absolute atomic E-state index is 12.5. The van der Waals surface area contributed by atoms with Gasteiger partial charge in [0, 0.05) is 19.3 Å². The van der Waals surface area contributed by atoms with E-state index in [1.807, 2.05) is 0 Å². The van der Waals surface area contributed by atoms with Crippen LogP contribution in [0.3, 0.4) is 0 Å². The van der Waals surface area contributed by atoms with Crippen LogP contribution in [-0.2, 0) is 48.2 Å². The van der Waals surface area contributed by atoms with E-state index in [1.54, 1.807) is 0 Å². The summed E-state index contributed by atoms with van der Waals surface area (Å²) in [6, 6.07) is 0. The normalized spacial score (nSPS) is 9.58. The van der Waals surface area contributed by atoms with Gasteiger partial charge in [0.1, 0.15) is 19.5 Å². The van der Waals surface area contributed by atoms with Crippen LogP contribution >= 0.6 is 0 Å². The number of nitrogens with zero attached hydrogens (tertiary/aromatic N) is 3. The van der Waals surface area contributed by atoms with Crippen LogP contribution in [0, 0.1) is 0 Å². The number of esters is 2. The molecule has 0 saturated heterocycles. The summed E-state index contributed by atoms with van der Waals surface area (Å²) < 4.78 is 16.7. The average molecular weight is 439 g/mol. The molecule has 170 valence electrons. The molecule has 0 aromatic carbocycles. The van der Waals surface area contributed by atoms with Crippen LogP contribution in [0.4, 0.5) is 0 Å². The molecular formula is C19H25N3O9. The van der Waals surface area contributed by atoms with Crippen LogP contribution < -0.4 is 17.1 Å². The van der Waals surface area contributed by atoms with E-state index in [9.17, 15) is 24.0 Å². The summed E-state index contributed by atoms with van der Waals surface area (Å²) in [5.41, 5.74) is -2.64. The number of methoxy groups -OCH3 is 1. The van der Waals surface area contributed by atoms with Gasteiger partial charge in [0.25, 0.3) is 0 Å². The minimum Gasteiger partial charge on any atom is -0.461 e. The molecule has 0 aliphatic heterocycles. The first-order chi connectivity index (χ1) is 14.8. The summed E-state index contributed by atoms with van der Waals surface area (Å²) in [5.74, 6) is -1.43. The fraction of sp³-hybridized carbons (Fsp3) is 0.368. The van der Waals surface area contributed by atoms with Gasteiger partial charge >= 0.3 is 29.0 Å². The van der Waals surface area contributed by atoms with Crippen LogP contribution in [0.15, 0.2) is 52.3 Å². The molecule has 0 amide bonds. The fourth-order valence-corrected chi connectivity index (χ4v) is 2.03. The predicted molar refractivity (Wildman–Crippen MR) is 110 cm³/mol. The maximum atomic E-state index is 12.5. The Labute approximate surface area is 177 Å². The largest absolute Gasteiger partial charge is 0.461 e. The van der Waals surface area contributed by atoms with Crippen LogP contribution in [0.1, 0.15) is 0 Å². The lowest BCUT2D eigenvalue weighted by molar-refractivity contribution is -0.138. The third-order valence-electron chi connectivity index (χ3n) is 3.45. The van der Waals surface area contributed by atoms with Crippen molar-refractivity contribution in [3.05, 3.63) is 69.4 Å². The number of hydrogen-bond acceptors (Lipinski definition) is 9. The Kier molecular flexibility index (Phi) is 13.2. The summed E-state index contributed by atoms with van der Waals surface area (Å²) in [6.07, 6.45) is 3.71. The summed E-state index contributed by atoms with van der Waals surface area (Å²) in [6.45, 7) is 8.47. The van der Waals surface area contributed by atoms with E-state index in [4.69, 9.17) is 19.0 Å². The van der Waals surface area contributed by atoms with Crippen molar-refractivity contribution in [2.45, 2.75) is 19.6 Å². The van der Waals surface area contributed by atoms with Gasteiger partial charge in [-0.15, -0.1) is 0 Å². The van der Waals surface area contributed by atoms with Crippen molar-refractivity contribution in [3.8, 4) is 0 Å². The first-order valence-corrected chi connectivity index (χ1v) is 8.86. The Hall–Kier alpha value is -3.80. The Balaban J connectivity index is 0.00000206. The Morgan fingerprint density at radius 2 is 1.10 bits per heavy atom. The second-order valence-corrected chi connectivity index (χ2v) is 5.41. The van der Waals surface area contributed by atoms with Gasteiger partial charge in [0.05, 0.1) is 26.2 Å². The molecule has 0 unspecified atom stereocenters. The van der Waals surface area contributed by atoms with Gasteiger partial charge in [-0.3, -0.25) is 4.79 Å². The Morgan fingerprint density at radius 3 is 1.35 bits per heavy atom. The van der Waals surface area contributed by atoms with Gasteiger partial charge in [-0.1, -0.05) is 19.7 Å². The van der Waals surface area contributed by atoms with Crippen molar-refractivity contribution in [1.82, 2.24) is 13.7 Å². The summed E-state index contributed by atoms with van der Waals surface area (Å²) >= 11 is 0. The second-order valence-electron chi connectivity index (χ2n) is 5.41. The summed E-state index contributed by atoms with van der Waals surface area (Å²) in [7, 11) is 1.39. The highest BCUT2D eigenvalue weighted by Gasteiger charge is 2.16. The highest BCUT2D eigenvalue weighted by atomic mass is 16.5. The predicted octanol–water partition coefficient (Wildman–Crippen LogP) is -1.35. The number of allylic oxidation sites excluding steroid dienone is 1. The SMILES string of the molecule is C=CC(=O)OCCn1c(=O)n(CCOC)c(=O)n(CCOC(=O)C=C)c1=O.C=CC=O. The van der Waals surface area contributed by atoms with Crippen molar-refractivity contribution >= 4 is 18.2 Å². The molecule has 31 heavy (non-hydrogen) atoms. The van der Waals surface area contributed by atoms with E-state index in [0.717, 1.165) is 25.9 Å². The fourth-order valence-electron chi connectivity index (χ4n) is 2.03. The van der Waals surface area contributed by atoms with Crippen molar-refractivity contribution in [2.24, 2.45) is 0 Å². The number of ether oxygens (including phenoxy) is 3.